The Morgan fingerprint density at radius 2 is 2.15 bits per heavy atom. The monoisotopic (exact) mass is 203 g/mol. The van der Waals surface area contributed by atoms with Crippen LogP contribution in [0.15, 0.2) is 12.7 Å². The lowest BCUT2D eigenvalue weighted by Crippen LogP contribution is -3.14. The number of piperazine rings is 1. The minimum Gasteiger partial charge on any atom is -0.330 e. The third kappa shape index (κ3) is 3.01. The van der Waals surface area contributed by atoms with Crippen molar-refractivity contribution < 1.29 is 9.69 Å². The van der Waals surface area contributed by atoms with Crippen LogP contribution in [0.1, 0.15) is 0 Å². The summed E-state index contributed by atoms with van der Waals surface area (Å²) in [6.45, 7) is 8.36. The standard InChI is InChI=1S/C9H15ClN2O/c1-2-3-11-4-6-12(7-5-11)9(13)8-10/h2H,1,3-8H2/p+1. The molecule has 13 heavy (non-hydrogen) atoms. The summed E-state index contributed by atoms with van der Waals surface area (Å²) in [5.74, 6) is 0.163. The van der Waals surface area contributed by atoms with Gasteiger partial charge in [0.25, 0.3) is 0 Å². The molecule has 0 radical (unpaired) electrons. The molecule has 0 aromatic carbocycles. The van der Waals surface area contributed by atoms with Crippen LogP contribution in [0, 0.1) is 0 Å². The highest BCUT2D eigenvalue weighted by molar-refractivity contribution is 6.27. The number of halogens is 1. The Bertz CT molecular complexity index is 188. The first kappa shape index (κ1) is 10.5. The number of hydrogen-bond acceptors (Lipinski definition) is 1. The molecule has 0 spiro atoms. The van der Waals surface area contributed by atoms with Gasteiger partial charge < -0.3 is 9.80 Å². The molecule has 0 aliphatic carbocycles. The van der Waals surface area contributed by atoms with Gasteiger partial charge in [0, 0.05) is 0 Å². The highest BCUT2D eigenvalue weighted by Gasteiger charge is 2.21. The summed E-state index contributed by atoms with van der Waals surface area (Å²) >= 11 is 5.47. The van der Waals surface area contributed by atoms with Crippen molar-refractivity contribution in [3.63, 3.8) is 0 Å². The molecule has 1 aliphatic rings. The number of amides is 1. The SMILES string of the molecule is C=CC[NH+]1CCN(C(=O)CCl)CC1. The number of alkyl halides is 1. The van der Waals surface area contributed by atoms with Crippen LogP contribution < -0.4 is 4.90 Å². The zero-order chi connectivity index (χ0) is 9.68. The van der Waals surface area contributed by atoms with Crippen LogP contribution in [-0.4, -0.2) is 49.4 Å². The Kier molecular flexibility index (Phi) is 4.25. The van der Waals surface area contributed by atoms with Crippen molar-refractivity contribution in [3.8, 4) is 0 Å². The molecule has 1 N–H and O–H groups in total. The van der Waals surface area contributed by atoms with E-state index in [1.165, 1.54) is 4.90 Å². The van der Waals surface area contributed by atoms with E-state index in [2.05, 4.69) is 6.58 Å². The van der Waals surface area contributed by atoms with E-state index in [-0.39, 0.29) is 11.8 Å². The van der Waals surface area contributed by atoms with E-state index in [0.29, 0.717) is 0 Å². The molecule has 0 atom stereocenters. The van der Waals surface area contributed by atoms with E-state index in [1.54, 1.807) is 0 Å². The molecule has 0 aromatic heterocycles. The van der Waals surface area contributed by atoms with Gasteiger partial charge in [-0.15, -0.1) is 11.6 Å². The molecule has 3 nitrogen and oxygen atoms in total. The third-order valence-electron chi connectivity index (χ3n) is 2.37. The number of hydrogen-bond donors (Lipinski definition) is 1. The van der Waals surface area contributed by atoms with E-state index in [4.69, 9.17) is 11.6 Å². The van der Waals surface area contributed by atoms with Crippen molar-refractivity contribution >= 4 is 17.5 Å². The van der Waals surface area contributed by atoms with E-state index in [1.807, 2.05) is 11.0 Å². The van der Waals surface area contributed by atoms with Gasteiger partial charge in [-0.2, -0.15) is 0 Å². The van der Waals surface area contributed by atoms with Gasteiger partial charge in [0.1, 0.15) is 5.88 Å². The zero-order valence-electron chi connectivity index (χ0n) is 7.76. The number of rotatable bonds is 3. The number of nitrogens with zero attached hydrogens (tertiary/aromatic N) is 1. The fraction of sp³-hybridized carbons (Fsp3) is 0.667. The maximum absolute atomic E-state index is 11.2. The van der Waals surface area contributed by atoms with Crippen LogP contribution in [0.2, 0.25) is 0 Å². The lowest BCUT2D eigenvalue weighted by molar-refractivity contribution is -0.898. The fourth-order valence-electron chi connectivity index (χ4n) is 1.57. The van der Waals surface area contributed by atoms with Gasteiger partial charge in [-0.25, -0.2) is 0 Å². The summed E-state index contributed by atoms with van der Waals surface area (Å²) < 4.78 is 0. The molecule has 1 fully saturated rings. The molecule has 0 bridgehead atoms. The Morgan fingerprint density at radius 3 is 2.62 bits per heavy atom. The minimum absolute atomic E-state index is 0.0549. The summed E-state index contributed by atoms with van der Waals surface area (Å²) in [5.41, 5.74) is 0. The second kappa shape index (κ2) is 5.25. The molecule has 74 valence electrons. The van der Waals surface area contributed by atoms with Crippen LogP contribution in [-0.2, 0) is 4.79 Å². The lowest BCUT2D eigenvalue weighted by Gasteiger charge is -2.31. The average molecular weight is 204 g/mol. The maximum atomic E-state index is 11.2. The van der Waals surface area contributed by atoms with E-state index >= 15 is 0 Å². The highest BCUT2D eigenvalue weighted by Crippen LogP contribution is 1.92. The molecule has 1 aliphatic heterocycles. The Morgan fingerprint density at radius 1 is 1.54 bits per heavy atom. The first-order valence-electron chi connectivity index (χ1n) is 4.56. The maximum Gasteiger partial charge on any atom is 0.237 e. The lowest BCUT2D eigenvalue weighted by atomic mass is 10.3. The Balaban J connectivity index is 2.30. The summed E-state index contributed by atoms with van der Waals surface area (Å²) in [7, 11) is 0. The molecule has 1 amide bonds. The molecule has 1 rings (SSSR count). The van der Waals surface area contributed by atoms with Crippen molar-refractivity contribution in [1.29, 1.82) is 0 Å². The van der Waals surface area contributed by atoms with Gasteiger partial charge in [-0.3, -0.25) is 4.79 Å². The number of quaternary nitrogens is 1. The predicted octanol–water partition coefficient (Wildman–Crippen LogP) is -0.862. The molecule has 0 aromatic rings. The minimum atomic E-state index is 0.0549. The smallest absolute Gasteiger partial charge is 0.237 e. The predicted molar refractivity (Wildman–Crippen MR) is 53.1 cm³/mol. The normalized spacial score (nSPS) is 18.7. The average Bonchev–Trinajstić information content (AvgIpc) is 2.18. The molecule has 0 saturated carbocycles. The second-order valence-electron chi connectivity index (χ2n) is 3.26. The molecule has 4 heteroatoms. The number of carbonyl (C=O) groups excluding carboxylic acids is 1. The largest absolute Gasteiger partial charge is 0.330 e. The van der Waals surface area contributed by atoms with Gasteiger partial charge >= 0.3 is 0 Å². The zero-order valence-corrected chi connectivity index (χ0v) is 8.52. The van der Waals surface area contributed by atoms with Crippen LogP contribution in [0.5, 0.6) is 0 Å². The second-order valence-corrected chi connectivity index (χ2v) is 3.52. The molecular weight excluding hydrogens is 188 g/mol. The first-order chi connectivity index (χ1) is 6.27. The van der Waals surface area contributed by atoms with Gasteiger partial charge in [-0.05, 0) is 6.08 Å². The van der Waals surface area contributed by atoms with Crippen molar-refractivity contribution in [1.82, 2.24) is 4.90 Å². The van der Waals surface area contributed by atoms with Crippen molar-refractivity contribution in [2.75, 3.05) is 38.6 Å². The van der Waals surface area contributed by atoms with Crippen LogP contribution in [0.4, 0.5) is 0 Å². The Labute approximate surface area is 83.9 Å². The summed E-state index contributed by atoms with van der Waals surface area (Å²) in [5, 5.41) is 0. The topological polar surface area (TPSA) is 24.8 Å². The van der Waals surface area contributed by atoms with Crippen LogP contribution >= 0.6 is 11.6 Å². The fourth-order valence-corrected chi connectivity index (χ4v) is 1.73. The van der Waals surface area contributed by atoms with Gasteiger partial charge in [0.15, 0.2) is 0 Å². The first-order valence-corrected chi connectivity index (χ1v) is 5.09. The summed E-state index contributed by atoms with van der Waals surface area (Å²) in [4.78, 5) is 14.5. The van der Waals surface area contributed by atoms with E-state index < -0.39 is 0 Å². The summed E-state index contributed by atoms with van der Waals surface area (Å²) in [6, 6.07) is 0. The van der Waals surface area contributed by atoms with Crippen molar-refractivity contribution in [2.24, 2.45) is 0 Å². The summed E-state index contributed by atoms with van der Waals surface area (Å²) in [6.07, 6.45) is 1.92. The molecular formula is C9H16ClN2O+. The highest BCUT2D eigenvalue weighted by atomic mass is 35.5. The molecule has 1 saturated heterocycles. The van der Waals surface area contributed by atoms with Gasteiger partial charge in [-0.1, -0.05) is 6.58 Å². The number of carbonyl (C=O) groups is 1. The van der Waals surface area contributed by atoms with Crippen LogP contribution in [0.3, 0.4) is 0 Å². The van der Waals surface area contributed by atoms with Crippen molar-refractivity contribution in [2.45, 2.75) is 0 Å². The van der Waals surface area contributed by atoms with Crippen LogP contribution in [0.25, 0.3) is 0 Å². The molecule has 0 unspecified atom stereocenters. The van der Waals surface area contributed by atoms with Gasteiger partial charge in [0.2, 0.25) is 5.91 Å². The Hall–Kier alpha value is -0.540. The number of nitrogens with one attached hydrogen (secondary N) is 1. The molecule has 1 heterocycles. The van der Waals surface area contributed by atoms with E-state index in [9.17, 15) is 4.79 Å². The quantitative estimate of drug-likeness (QED) is 0.469. The van der Waals surface area contributed by atoms with Gasteiger partial charge in [0.05, 0.1) is 32.7 Å². The van der Waals surface area contributed by atoms with Crippen molar-refractivity contribution in [3.05, 3.63) is 12.7 Å². The third-order valence-corrected chi connectivity index (χ3v) is 2.60. The van der Waals surface area contributed by atoms with E-state index in [0.717, 1.165) is 32.7 Å².